The van der Waals surface area contributed by atoms with Gasteiger partial charge in [-0.05, 0) is 29.2 Å². The van der Waals surface area contributed by atoms with Crippen molar-refractivity contribution >= 4 is 23.2 Å². The molecule has 1 heterocycles. The minimum atomic E-state index is -0.589. The number of hydrogen-bond donors (Lipinski definition) is 2. The van der Waals surface area contributed by atoms with E-state index in [0.29, 0.717) is 17.0 Å². The van der Waals surface area contributed by atoms with Crippen molar-refractivity contribution in [1.82, 2.24) is 0 Å². The predicted molar refractivity (Wildman–Crippen MR) is 63.6 cm³/mol. The van der Waals surface area contributed by atoms with Gasteiger partial charge in [0.05, 0.1) is 12.5 Å². The molecule has 1 aromatic rings. The highest BCUT2D eigenvalue weighted by Crippen LogP contribution is 2.35. The molecular weight excluding hydrogens is 226 g/mol. The van der Waals surface area contributed by atoms with Crippen molar-refractivity contribution < 1.29 is 9.90 Å². The summed E-state index contributed by atoms with van der Waals surface area (Å²) in [5, 5.41) is 13.2. The van der Waals surface area contributed by atoms with Crippen molar-refractivity contribution in [3.05, 3.63) is 28.3 Å². The molecule has 2 rings (SSSR count). The summed E-state index contributed by atoms with van der Waals surface area (Å²) in [4.78, 5) is 11.2. The van der Waals surface area contributed by atoms with E-state index in [4.69, 9.17) is 11.6 Å². The van der Waals surface area contributed by atoms with Crippen LogP contribution < -0.4 is 5.32 Å². The molecule has 0 saturated carbocycles. The van der Waals surface area contributed by atoms with Crippen molar-refractivity contribution in [2.75, 3.05) is 5.32 Å². The third-order valence-corrected chi connectivity index (χ3v) is 3.13. The van der Waals surface area contributed by atoms with Crippen LogP contribution in [0, 0.1) is 5.92 Å². The lowest BCUT2D eigenvalue weighted by molar-refractivity contribution is -0.115. The van der Waals surface area contributed by atoms with Crippen LogP contribution in [-0.2, 0) is 11.2 Å². The van der Waals surface area contributed by atoms with Crippen LogP contribution in [0.15, 0.2) is 12.1 Å². The van der Waals surface area contributed by atoms with Gasteiger partial charge in [-0.2, -0.15) is 0 Å². The van der Waals surface area contributed by atoms with Crippen LogP contribution in [0.3, 0.4) is 0 Å². The molecule has 0 bridgehead atoms. The molecule has 0 fully saturated rings. The summed E-state index contributed by atoms with van der Waals surface area (Å²) in [6.45, 7) is 3.86. The summed E-state index contributed by atoms with van der Waals surface area (Å²) in [6.07, 6.45) is -0.224. The highest BCUT2D eigenvalue weighted by molar-refractivity contribution is 6.32. The number of amides is 1. The average Bonchev–Trinajstić information content (AvgIpc) is 2.54. The first-order valence-electron chi connectivity index (χ1n) is 5.29. The van der Waals surface area contributed by atoms with Crippen molar-refractivity contribution in [3.63, 3.8) is 0 Å². The number of anilines is 1. The SMILES string of the molecule is CC(C)C(O)c1cc2c(cc1Cl)NC(=O)C2. The van der Waals surface area contributed by atoms with Crippen LogP contribution in [0.1, 0.15) is 31.1 Å². The summed E-state index contributed by atoms with van der Waals surface area (Å²) >= 11 is 6.08. The quantitative estimate of drug-likeness (QED) is 0.833. The van der Waals surface area contributed by atoms with E-state index in [2.05, 4.69) is 5.32 Å². The molecular formula is C12H14ClNO2. The van der Waals surface area contributed by atoms with E-state index >= 15 is 0 Å². The van der Waals surface area contributed by atoms with Crippen molar-refractivity contribution in [1.29, 1.82) is 0 Å². The molecule has 1 amide bonds. The van der Waals surface area contributed by atoms with Crippen molar-refractivity contribution in [2.45, 2.75) is 26.4 Å². The molecule has 1 aliphatic heterocycles. The molecule has 0 radical (unpaired) electrons. The van der Waals surface area contributed by atoms with Gasteiger partial charge in [0.15, 0.2) is 0 Å². The second-order valence-corrected chi connectivity index (χ2v) is 4.85. The highest BCUT2D eigenvalue weighted by Gasteiger charge is 2.23. The van der Waals surface area contributed by atoms with E-state index in [9.17, 15) is 9.90 Å². The van der Waals surface area contributed by atoms with Gasteiger partial charge in [0.2, 0.25) is 5.91 Å². The summed E-state index contributed by atoms with van der Waals surface area (Å²) in [6, 6.07) is 3.53. The normalized spacial score (nSPS) is 16.2. The zero-order valence-corrected chi connectivity index (χ0v) is 10.0. The lowest BCUT2D eigenvalue weighted by atomic mass is 9.96. The molecule has 16 heavy (non-hydrogen) atoms. The number of carbonyl (C=O) groups is 1. The predicted octanol–water partition coefficient (Wildman–Crippen LogP) is 2.52. The molecule has 3 nitrogen and oxygen atoms in total. The minimum absolute atomic E-state index is 0.0257. The third-order valence-electron chi connectivity index (χ3n) is 2.80. The van der Waals surface area contributed by atoms with Crippen LogP contribution >= 0.6 is 11.6 Å². The van der Waals surface area contributed by atoms with E-state index in [1.807, 2.05) is 19.9 Å². The number of rotatable bonds is 2. The Hall–Kier alpha value is -1.06. The fraction of sp³-hybridized carbons (Fsp3) is 0.417. The largest absolute Gasteiger partial charge is 0.388 e. The van der Waals surface area contributed by atoms with E-state index < -0.39 is 6.10 Å². The van der Waals surface area contributed by atoms with Gasteiger partial charge in [-0.25, -0.2) is 0 Å². The maximum absolute atomic E-state index is 11.2. The number of aliphatic hydroxyl groups excluding tert-OH is 1. The zero-order chi connectivity index (χ0) is 11.9. The van der Waals surface area contributed by atoms with Crippen molar-refractivity contribution in [2.24, 2.45) is 5.92 Å². The summed E-state index contributed by atoms with van der Waals surface area (Å²) < 4.78 is 0. The number of nitrogens with one attached hydrogen (secondary N) is 1. The number of benzene rings is 1. The van der Waals surface area contributed by atoms with Gasteiger partial charge in [0, 0.05) is 10.7 Å². The van der Waals surface area contributed by atoms with Gasteiger partial charge in [-0.3, -0.25) is 4.79 Å². The zero-order valence-electron chi connectivity index (χ0n) is 9.25. The summed E-state index contributed by atoms with van der Waals surface area (Å²) in [5.74, 6) is 0.0721. The fourth-order valence-electron chi connectivity index (χ4n) is 1.85. The van der Waals surface area contributed by atoms with E-state index in [-0.39, 0.29) is 11.8 Å². The number of hydrogen-bond acceptors (Lipinski definition) is 2. The monoisotopic (exact) mass is 239 g/mol. The van der Waals surface area contributed by atoms with Gasteiger partial charge in [-0.15, -0.1) is 0 Å². The lowest BCUT2D eigenvalue weighted by Crippen LogP contribution is -2.06. The number of halogens is 1. The first-order valence-corrected chi connectivity index (χ1v) is 5.67. The Bertz CT molecular complexity index is 443. The first-order chi connectivity index (χ1) is 7.49. The maximum atomic E-state index is 11.2. The first kappa shape index (κ1) is 11.4. The molecule has 1 atom stereocenters. The Morgan fingerprint density at radius 2 is 2.12 bits per heavy atom. The molecule has 0 aromatic heterocycles. The third kappa shape index (κ3) is 1.93. The van der Waals surface area contributed by atoms with E-state index in [0.717, 1.165) is 11.3 Å². The lowest BCUT2D eigenvalue weighted by Gasteiger charge is -2.17. The molecule has 2 N–H and O–H groups in total. The van der Waals surface area contributed by atoms with Crippen LogP contribution in [0.4, 0.5) is 5.69 Å². The van der Waals surface area contributed by atoms with Gasteiger partial charge < -0.3 is 10.4 Å². The molecule has 4 heteroatoms. The molecule has 1 aliphatic rings. The standard InChI is InChI=1S/C12H14ClNO2/c1-6(2)12(16)8-3-7-4-11(15)14-10(7)5-9(8)13/h3,5-6,12,16H,4H2,1-2H3,(H,14,15). The van der Waals surface area contributed by atoms with E-state index in [1.54, 1.807) is 6.07 Å². The average molecular weight is 240 g/mol. The molecule has 86 valence electrons. The van der Waals surface area contributed by atoms with Gasteiger partial charge in [0.1, 0.15) is 0 Å². The topological polar surface area (TPSA) is 49.3 Å². The molecule has 0 aliphatic carbocycles. The van der Waals surface area contributed by atoms with Crippen LogP contribution in [0.25, 0.3) is 0 Å². The second-order valence-electron chi connectivity index (χ2n) is 4.44. The molecule has 0 spiro atoms. The molecule has 0 saturated heterocycles. The Balaban J connectivity index is 2.42. The Kier molecular flexibility index (Phi) is 2.91. The summed E-state index contributed by atoms with van der Waals surface area (Å²) in [5.41, 5.74) is 2.37. The van der Waals surface area contributed by atoms with Crippen LogP contribution in [-0.4, -0.2) is 11.0 Å². The van der Waals surface area contributed by atoms with Crippen LogP contribution in [0.2, 0.25) is 5.02 Å². The van der Waals surface area contributed by atoms with Crippen LogP contribution in [0.5, 0.6) is 0 Å². The molecule has 1 aromatic carbocycles. The Morgan fingerprint density at radius 3 is 2.75 bits per heavy atom. The minimum Gasteiger partial charge on any atom is -0.388 e. The Morgan fingerprint density at radius 1 is 1.44 bits per heavy atom. The van der Waals surface area contributed by atoms with Gasteiger partial charge in [-0.1, -0.05) is 25.4 Å². The maximum Gasteiger partial charge on any atom is 0.228 e. The number of aliphatic hydroxyl groups is 1. The van der Waals surface area contributed by atoms with Crippen molar-refractivity contribution in [3.8, 4) is 0 Å². The van der Waals surface area contributed by atoms with E-state index in [1.165, 1.54) is 0 Å². The molecule has 1 unspecified atom stereocenters. The fourth-order valence-corrected chi connectivity index (χ4v) is 2.13. The Labute approximate surface area is 99.4 Å². The van der Waals surface area contributed by atoms with Gasteiger partial charge >= 0.3 is 0 Å². The number of fused-ring (bicyclic) bond motifs is 1. The highest BCUT2D eigenvalue weighted by atomic mass is 35.5. The smallest absolute Gasteiger partial charge is 0.228 e. The van der Waals surface area contributed by atoms with Gasteiger partial charge in [0.25, 0.3) is 0 Å². The second kappa shape index (κ2) is 4.07. The number of carbonyl (C=O) groups excluding carboxylic acids is 1. The summed E-state index contributed by atoms with van der Waals surface area (Å²) in [7, 11) is 0.